The van der Waals surface area contributed by atoms with Gasteiger partial charge in [-0.25, -0.2) is 0 Å². The Morgan fingerprint density at radius 2 is 2.20 bits per heavy atom. The zero-order chi connectivity index (χ0) is 7.61. The Hall–Kier alpha value is -0.0600. The minimum atomic E-state index is 0.127. The van der Waals surface area contributed by atoms with Crippen molar-refractivity contribution in [2.75, 3.05) is 0 Å². The summed E-state index contributed by atoms with van der Waals surface area (Å²) in [5.74, 6) is 0. The monoisotopic (exact) mass is 251 g/mol. The SMILES string of the molecule is CC(C)(C)[I-]c1cn[nH]c1. The van der Waals surface area contributed by atoms with E-state index >= 15 is 0 Å². The van der Waals surface area contributed by atoms with Gasteiger partial charge in [0.1, 0.15) is 0 Å². The van der Waals surface area contributed by atoms with Crippen LogP contribution in [-0.2, 0) is 0 Å². The second-order valence-corrected chi connectivity index (χ2v) is 8.10. The quantitative estimate of drug-likeness (QED) is 0.476. The van der Waals surface area contributed by atoms with E-state index in [2.05, 4.69) is 31.0 Å². The van der Waals surface area contributed by atoms with E-state index in [-0.39, 0.29) is 21.2 Å². The molecule has 1 N–H and O–H groups in total. The van der Waals surface area contributed by atoms with Gasteiger partial charge in [0.25, 0.3) is 0 Å². The number of halogens is 1. The molecule has 0 unspecified atom stereocenters. The fraction of sp³-hybridized carbons (Fsp3) is 0.571. The van der Waals surface area contributed by atoms with Crippen molar-refractivity contribution in [3.05, 3.63) is 16.0 Å². The molecule has 10 heavy (non-hydrogen) atoms. The van der Waals surface area contributed by atoms with E-state index in [0.29, 0.717) is 3.42 Å². The number of nitrogens with zero attached hydrogens (tertiary/aromatic N) is 1. The molecular formula is C7H12IN2-. The van der Waals surface area contributed by atoms with Gasteiger partial charge >= 0.3 is 71.6 Å². The number of hydrogen-bond acceptors (Lipinski definition) is 1. The van der Waals surface area contributed by atoms with Crippen LogP contribution in [0.15, 0.2) is 12.4 Å². The molecule has 0 saturated heterocycles. The number of aromatic nitrogens is 2. The zero-order valence-corrected chi connectivity index (χ0v) is 8.64. The molecule has 0 atom stereocenters. The average Bonchev–Trinajstić information content (AvgIpc) is 2.12. The Morgan fingerprint density at radius 1 is 1.50 bits per heavy atom. The molecule has 0 aliphatic heterocycles. The Balaban J connectivity index is 2.57. The molecule has 0 amide bonds. The van der Waals surface area contributed by atoms with E-state index in [4.69, 9.17) is 0 Å². The van der Waals surface area contributed by atoms with Crippen LogP contribution in [0.4, 0.5) is 0 Å². The van der Waals surface area contributed by atoms with E-state index in [1.807, 2.05) is 12.4 Å². The fourth-order valence-corrected chi connectivity index (χ4v) is 3.06. The topological polar surface area (TPSA) is 28.7 Å². The van der Waals surface area contributed by atoms with Gasteiger partial charge in [-0.05, 0) is 0 Å². The molecular weight excluding hydrogens is 239 g/mol. The summed E-state index contributed by atoms with van der Waals surface area (Å²) in [5.41, 5.74) is 0. The van der Waals surface area contributed by atoms with Crippen LogP contribution in [0, 0.1) is 3.57 Å². The van der Waals surface area contributed by atoms with Gasteiger partial charge in [0.05, 0.1) is 0 Å². The maximum absolute atomic E-state index is 3.91. The van der Waals surface area contributed by atoms with Crippen LogP contribution in [0.2, 0.25) is 0 Å². The van der Waals surface area contributed by atoms with E-state index in [1.165, 1.54) is 3.57 Å². The Bertz CT molecular complexity index is 186. The molecule has 2 nitrogen and oxygen atoms in total. The van der Waals surface area contributed by atoms with Crippen molar-refractivity contribution >= 4 is 0 Å². The van der Waals surface area contributed by atoms with Crippen LogP contribution in [0.5, 0.6) is 0 Å². The second-order valence-electron chi connectivity index (χ2n) is 3.08. The standard InChI is InChI=1S/C7H12IN2/c1-7(2,3)8-6-4-9-10-5-6/h4-5H,1-3H3,(H,9,10)/q-1. The maximum atomic E-state index is 3.91. The van der Waals surface area contributed by atoms with Gasteiger partial charge in [0.15, 0.2) is 0 Å². The van der Waals surface area contributed by atoms with Crippen molar-refractivity contribution in [3.63, 3.8) is 0 Å². The molecule has 1 rings (SSSR count). The van der Waals surface area contributed by atoms with Crippen molar-refractivity contribution in [3.8, 4) is 0 Å². The number of alkyl halides is 1. The van der Waals surface area contributed by atoms with Gasteiger partial charge in [-0.15, -0.1) is 0 Å². The molecule has 0 aliphatic rings. The summed E-state index contributed by atoms with van der Waals surface area (Å²) in [7, 11) is 0. The summed E-state index contributed by atoms with van der Waals surface area (Å²) in [6.07, 6.45) is 3.93. The van der Waals surface area contributed by atoms with Gasteiger partial charge in [-0.2, -0.15) is 0 Å². The summed E-state index contributed by atoms with van der Waals surface area (Å²) in [4.78, 5) is 0. The Labute approximate surface area is 71.7 Å². The summed E-state index contributed by atoms with van der Waals surface area (Å²) in [6, 6.07) is 0. The number of hydrogen-bond donors (Lipinski definition) is 1. The third-order valence-corrected chi connectivity index (χ3v) is 3.69. The molecule has 0 radical (unpaired) electrons. The van der Waals surface area contributed by atoms with Gasteiger partial charge in [-0.1, -0.05) is 0 Å². The van der Waals surface area contributed by atoms with E-state index in [9.17, 15) is 0 Å². The third kappa shape index (κ3) is 2.68. The third-order valence-electron chi connectivity index (χ3n) is 0.857. The molecule has 0 fully saturated rings. The van der Waals surface area contributed by atoms with E-state index < -0.39 is 0 Å². The molecule has 58 valence electrons. The summed E-state index contributed by atoms with van der Waals surface area (Å²) in [6.45, 7) is 6.81. The van der Waals surface area contributed by atoms with Crippen molar-refractivity contribution < 1.29 is 21.2 Å². The van der Waals surface area contributed by atoms with E-state index in [0.717, 1.165) is 0 Å². The van der Waals surface area contributed by atoms with Crippen LogP contribution < -0.4 is 21.2 Å². The van der Waals surface area contributed by atoms with E-state index in [1.54, 1.807) is 0 Å². The van der Waals surface area contributed by atoms with Gasteiger partial charge < -0.3 is 0 Å². The first kappa shape index (κ1) is 8.04. The van der Waals surface area contributed by atoms with Crippen LogP contribution in [0.1, 0.15) is 20.8 Å². The number of rotatable bonds is 1. The Kier molecular flexibility index (Phi) is 2.33. The second kappa shape index (κ2) is 2.90. The Morgan fingerprint density at radius 3 is 2.60 bits per heavy atom. The van der Waals surface area contributed by atoms with Crippen molar-refractivity contribution in [2.24, 2.45) is 0 Å². The molecule has 1 aromatic rings. The molecule has 1 heterocycles. The van der Waals surface area contributed by atoms with Crippen LogP contribution in [0.3, 0.4) is 0 Å². The first-order valence-electron chi connectivity index (χ1n) is 3.23. The zero-order valence-electron chi connectivity index (χ0n) is 6.48. The molecule has 3 heteroatoms. The predicted molar refractivity (Wildman–Crippen MR) is 37.0 cm³/mol. The van der Waals surface area contributed by atoms with Crippen LogP contribution in [0.25, 0.3) is 0 Å². The minimum absolute atomic E-state index is 0.127. The number of nitrogens with one attached hydrogen (secondary N) is 1. The van der Waals surface area contributed by atoms with Crippen molar-refractivity contribution in [2.45, 2.75) is 24.2 Å². The first-order chi connectivity index (χ1) is 4.58. The normalized spacial score (nSPS) is 12.3. The molecule has 0 aliphatic carbocycles. The molecule has 0 spiro atoms. The molecule has 1 aromatic heterocycles. The van der Waals surface area contributed by atoms with Gasteiger partial charge in [0.2, 0.25) is 0 Å². The fourth-order valence-electron chi connectivity index (χ4n) is 0.614. The molecule has 0 bridgehead atoms. The van der Waals surface area contributed by atoms with Gasteiger partial charge in [0, 0.05) is 0 Å². The summed E-state index contributed by atoms with van der Waals surface area (Å²) < 4.78 is 1.87. The molecule has 0 saturated carbocycles. The van der Waals surface area contributed by atoms with Crippen molar-refractivity contribution in [1.29, 1.82) is 0 Å². The summed E-state index contributed by atoms with van der Waals surface area (Å²) >= 11 is 0.127. The predicted octanol–water partition coefficient (Wildman–Crippen LogP) is -1.53. The number of H-pyrrole nitrogens is 1. The van der Waals surface area contributed by atoms with Crippen LogP contribution >= 0.6 is 0 Å². The van der Waals surface area contributed by atoms with Gasteiger partial charge in [-0.3, -0.25) is 0 Å². The average molecular weight is 251 g/mol. The van der Waals surface area contributed by atoms with Crippen molar-refractivity contribution in [1.82, 2.24) is 10.2 Å². The summed E-state index contributed by atoms with van der Waals surface area (Å²) in [5, 5.41) is 6.74. The van der Waals surface area contributed by atoms with Crippen LogP contribution in [-0.4, -0.2) is 13.6 Å². The number of aromatic amines is 1. The molecule has 0 aromatic carbocycles. The first-order valence-corrected chi connectivity index (χ1v) is 5.38.